The van der Waals surface area contributed by atoms with Crippen molar-refractivity contribution in [1.82, 2.24) is 15.4 Å². The van der Waals surface area contributed by atoms with Crippen molar-refractivity contribution in [3.8, 4) is 11.3 Å². The van der Waals surface area contributed by atoms with Crippen LogP contribution in [0.3, 0.4) is 0 Å². The van der Waals surface area contributed by atoms with Crippen molar-refractivity contribution in [3.63, 3.8) is 0 Å². The van der Waals surface area contributed by atoms with Crippen molar-refractivity contribution in [2.45, 2.75) is 31.9 Å². The first-order valence-corrected chi connectivity index (χ1v) is 11.0. The number of carbonyl (C=O) groups is 2. The summed E-state index contributed by atoms with van der Waals surface area (Å²) >= 11 is 0. The van der Waals surface area contributed by atoms with Crippen LogP contribution in [0.25, 0.3) is 11.3 Å². The van der Waals surface area contributed by atoms with E-state index in [2.05, 4.69) is 10.5 Å². The molecule has 172 valence electrons. The molecule has 1 atom stereocenters. The smallest absolute Gasteiger partial charge is 0.276 e. The van der Waals surface area contributed by atoms with Crippen molar-refractivity contribution >= 4 is 11.8 Å². The molecule has 0 saturated carbocycles. The molecule has 1 aliphatic rings. The Balaban J connectivity index is 1.38. The second-order valence-electron chi connectivity index (χ2n) is 7.98. The summed E-state index contributed by atoms with van der Waals surface area (Å²) in [4.78, 5) is 27.2. The van der Waals surface area contributed by atoms with Gasteiger partial charge in [0, 0.05) is 44.3 Å². The largest absolute Gasteiger partial charge is 0.376 e. The summed E-state index contributed by atoms with van der Waals surface area (Å²) in [7, 11) is 0. The van der Waals surface area contributed by atoms with Crippen LogP contribution in [-0.2, 0) is 16.1 Å². The minimum atomic E-state index is -0.323. The van der Waals surface area contributed by atoms with Crippen LogP contribution in [0.5, 0.6) is 0 Å². The number of aromatic nitrogens is 1. The summed E-state index contributed by atoms with van der Waals surface area (Å²) in [5, 5.41) is 6.77. The zero-order valence-electron chi connectivity index (χ0n) is 18.2. The van der Waals surface area contributed by atoms with Crippen molar-refractivity contribution < 1.29 is 23.2 Å². The van der Waals surface area contributed by atoms with Gasteiger partial charge in [-0.15, -0.1) is 0 Å². The highest BCUT2D eigenvalue weighted by molar-refractivity contribution is 5.93. The first kappa shape index (κ1) is 22.7. The fourth-order valence-electron chi connectivity index (χ4n) is 3.71. The molecule has 1 saturated heterocycles. The molecular formula is C25H26FN3O4. The van der Waals surface area contributed by atoms with Crippen LogP contribution in [0.4, 0.5) is 4.39 Å². The van der Waals surface area contributed by atoms with E-state index < -0.39 is 0 Å². The van der Waals surface area contributed by atoms with Gasteiger partial charge in [0.2, 0.25) is 5.91 Å². The molecule has 1 aliphatic heterocycles. The Bertz CT molecular complexity index is 1060. The van der Waals surface area contributed by atoms with Crippen LogP contribution in [0.1, 0.15) is 35.3 Å². The average Bonchev–Trinajstić information content (AvgIpc) is 3.54. The molecule has 0 bridgehead atoms. The minimum absolute atomic E-state index is 0.0586. The first-order valence-electron chi connectivity index (χ1n) is 11.0. The van der Waals surface area contributed by atoms with Gasteiger partial charge in [0.15, 0.2) is 11.5 Å². The molecule has 2 aromatic carbocycles. The highest BCUT2D eigenvalue weighted by atomic mass is 19.1. The summed E-state index contributed by atoms with van der Waals surface area (Å²) in [6, 6.07) is 17.0. The molecule has 0 radical (unpaired) electrons. The van der Waals surface area contributed by atoms with Gasteiger partial charge in [0.05, 0.1) is 6.10 Å². The van der Waals surface area contributed by atoms with E-state index in [-0.39, 0.29) is 42.4 Å². The molecule has 0 spiro atoms. The zero-order chi connectivity index (χ0) is 23.0. The Hall–Kier alpha value is -3.52. The number of ether oxygens (including phenoxy) is 1. The number of halogens is 1. The van der Waals surface area contributed by atoms with E-state index in [1.807, 2.05) is 30.3 Å². The third kappa shape index (κ3) is 6.26. The first-order chi connectivity index (χ1) is 16.1. The van der Waals surface area contributed by atoms with Gasteiger partial charge in [-0.3, -0.25) is 9.59 Å². The maximum atomic E-state index is 13.2. The molecule has 1 unspecified atom stereocenters. The molecule has 4 rings (SSSR count). The second kappa shape index (κ2) is 10.9. The van der Waals surface area contributed by atoms with Gasteiger partial charge in [-0.1, -0.05) is 47.6 Å². The molecule has 8 heteroatoms. The average molecular weight is 451 g/mol. The van der Waals surface area contributed by atoms with Gasteiger partial charge in [-0.05, 0) is 30.5 Å². The number of amides is 2. The molecule has 1 fully saturated rings. The molecule has 1 N–H and O–H groups in total. The van der Waals surface area contributed by atoms with E-state index in [0.29, 0.717) is 25.5 Å². The Labute approximate surface area is 191 Å². The van der Waals surface area contributed by atoms with E-state index in [1.54, 1.807) is 23.1 Å². The van der Waals surface area contributed by atoms with E-state index in [0.717, 1.165) is 24.0 Å². The van der Waals surface area contributed by atoms with Gasteiger partial charge in [0.25, 0.3) is 5.91 Å². The number of hydrogen-bond acceptors (Lipinski definition) is 5. The zero-order valence-corrected chi connectivity index (χ0v) is 18.2. The van der Waals surface area contributed by atoms with E-state index in [9.17, 15) is 14.0 Å². The summed E-state index contributed by atoms with van der Waals surface area (Å²) in [6.45, 7) is 1.58. The summed E-state index contributed by atoms with van der Waals surface area (Å²) < 4.78 is 24.1. The van der Waals surface area contributed by atoms with Crippen molar-refractivity contribution in [2.75, 3.05) is 19.7 Å². The number of benzene rings is 2. The van der Waals surface area contributed by atoms with Crippen molar-refractivity contribution in [2.24, 2.45) is 0 Å². The topological polar surface area (TPSA) is 84.7 Å². The molecule has 3 aromatic rings. The van der Waals surface area contributed by atoms with Gasteiger partial charge < -0.3 is 19.5 Å². The van der Waals surface area contributed by atoms with E-state index in [1.165, 1.54) is 12.1 Å². The summed E-state index contributed by atoms with van der Waals surface area (Å²) in [5.41, 5.74) is 1.82. The fraction of sp³-hybridized carbons (Fsp3) is 0.320. The lowest BCUT2D eigenvalue weighted by Gasteiger charge is -2.24. The summed E-state index contributed by atoms with van der Waals surface area (Å²) in [6.07, 6.45) is 1.89. The predicted octanol–water partition coefficient (Wildman–Crippen LogP) is 3.81. The minimum Gasteiger partial charge on any atom is -0.376 e. The Morgan fingerprint density at radius 2 is 1.91 bits per heavy atom. The van der Waals surface area contributed by atoms with Crippen LogP contribution in [0.15, 0.2) is 65.2 Å². The molecule has 2 heterocycles. The quantitative estimate of drug-likeness (QED) is 0.535. The third-order valence-corrected chi connectivity index (χ3v) is 5.53. The molecule has 7 nitrogen and oxygen atoms in total. The lowest BCUT2D eigenvalue weighted by molar-refractivity contribution is -0.121. The molecule has 0 aliphatic carbocycles. The van der Waals surface area contributed by atoms with Crippen LogP contribution in [0, 0.1) is 5.82 Å². The number of rotatable bonds is 9. The Morgan fingerprint density at radius 3 is 2.64 bits per heavy atom. The van der Waals surface area contributed by atoms with Crippen LogP contribution in [0.2, 0.25) is 0 Å². The monoisotopic (exact) mass is 451 g/mol. The molecule has 33 heavy (non-hydrogen) atoms. The molecule has 1 aromatic heterocycles. The Kier molecular flexibility index (Phi) is 7.47. The Morgan fingerprint density at radius 1 is 1.12 bits per heavy atom. The van der Waals surface area contributed by atoms with Crippen LogP contribution >= 0.6 is 0 Å². The van der Waals surface area contributed by atoms with E-state index >= 15 is 0 Å². The SMILES string of the molecule is O=C(CCN(CC1CCCO1)C(=O)c1cc(-c2ccccc2)on1)NCc1ccc(F)cc1. The van der Waals surface area contributed by atoms with Gasteiger partial charge in [0.1, 0.15) is 5.82 Å². The van der Waals surface area contributed by atoms with Crippen molar-refractivity contribution in [3.05, 3.63) is 77.7 Å². The highest BCUT2D eigenvalue weighted by Gasteiger charge is 2.26. The third-order valence-electron chi connectivity index (χ3n) is 5.53. The highest BCUT2D eigenvalue weighted by Crippen LogP contribution is 2.21. The molecular weight excluding hydrogens is 425 g/mol. The van der Waals surface area contributed by atoms with Crippen LogP contribution < -0.4 is 5.32 Å². The maximum Gasteiger partial charge on any atom is 0.276 e. The standard InChI is InChI=1S/C25H26FN3O4/c26-20-10-8-18(9-11-20)16-27-24(30)12-13-29(17-21-7-4-14-32-21)25(31)22-15-23(33-28-22)19-5-2-1-3-6-19/h1-3,5-6,8-11,15,21H,4,7,12-14,16-17H2,(H,27,30). The molecule has 2 amide bonds. The maximum absolute atomic E-state index is 13.2. The van der Waals surface area contributed by atoms with Gasteiger partial charge in [-0.2, -0.15) is 0 Å². The van der Waals surface area contributed by atoms with Crippen molar-refractivity contribution in [1.29, 1.82) is 0 Å². The normalized spacial score (nSPS) is 15.4. The number of hydrogen-bond donors (Lipinski definition) is 1. The van der Waals surface area contributed by atoms with E-state index in [4.69, 9.17) is 9.26 Å². The van der Waals surface area contributed by atoms with Gasteiger partial charge >= 0.3 is 0 Å². The van der Waals surface area contributed by atoms with Crippen LogP contribution in [-0.4, -0.2) is 47.7 Å². The predicted molar refractivity (Wildman–Crippen MR) is 120 cm³/mol. The second-order valence-corrected chi connectivity index (χ2v) is 7.98. The van der Waals surface area contributed by atoms with Gasteiger partial charge in [-0.25, -0.2) is 4.39 Å². The lowest BCUT2D eigenvalue weighted by Crippen LogP contribution is -2.40. The fourth-order valence-corrected chi connectivity index (χ4v) is 3.71. The summed E-state index contributed by atoms with van der Waals surface area (Å²) in [5.74, 6) is -0.318. The lowest BCUT2D eigenvalue weighted by atomic mass is 10.1. The number of carbonyl (C=O) groups excluding carboxylic acids is 2. The number of nitrogens with zero attached hydrogens (tertiary/aromatic N) is 2. The number of nitrogens with one attached hydrogen (secondary N) is 1.